The molecule has 0 nitrogen and oxygen atoms in total. The molecular weight excluding hydrogens is 151 g/mol. The molecule has 0 aromatic rings. The van der Waals surface area contributed by atoms with Gasteiger partial charge < -0.3 is 0 Å². The van der Waals surface area contributed by atoms with Crippen LogP contribution in [0.1, 0.15) is 40.0 Å². The molecule has 68 valence electrons. The van der Waals surface area contributed by atoms with Crippen molar-refractivity contribution in [2.75, 3.05) is 19.5 Å². The molecule has 0 aliphatic carbocycles. The fraction of sp³-hybridized carbons (Fsp3) is 1.00. The molecule has 0 spiro atoms. The Hall–Kier alpha value is 0.430. The van der Waals surface area contributed by atoms with Crippen molar-refractivity contribution in [2.24, 2.45) is 0 Å². The van der Waals surface area contributed by atoms with Crippen LogP contribution in [0.3, 0.4) is 0 Å². The summed E-state index contributed by atoms with van der Waals surface area (Å²) in [6.07, 6.45) is 5.63. The summed E-state index contributed by atoms with van der Waals surface area (Å²) in [5, 5.41) is 0. The lowest BCUT2D eigenvalue weighted by Crippen LogP contribution is -2.12. The van der Waals surface area contributed by atoms with Crippen LogP contribution in [0, 0.1) is 0 Å². The molecule has 0 bridgehead atoms. The van der Waals surface area contributed by atoms with Gasteiger partial charge in [-0.25, -0.2) is 0 Å². The zero-order valence-electron chi connectivity index (χ0n) is 8.85. The predicted octanol–water partition coefficient (Wildman–Crippen LogP) is 3.86. The third-order valence-electron chi connectivity index (χ3n) is 2.90. The Kier molecular flexibility index (Phi) is 5.34. The summed E-state index contributed by atoms with van der Waals surface area (Å²) in [4.78, 5) is 0. The lowest BCUT2D eigenvalue weighted by molar-refractivity contribution is 0.704. The second-order valence-corrected chi connectivity index (χ2v) is 8.87. The molecule has 1 heteroatoms. The third kappa shape index (κ3) is 3.56. The molecule has 0 rings (SSSR count). The fourth-order valence-electron chi connectivity index (χ4n) is 1.64. The summed E-state index contributed by atoms with van der Waals surface area (Å²) >= 11 is 0. The average Bonchev–Trinajstić information content (AvgIpc) is 2.00. The molecule has 0 aliphatic heterocycles. The van der Waals surface area contributed by atoms with Crippen LogP contribution in [0.5, 0.6) is 0 Å². The molecule has 0 fully saturated rings. The molecule has 0 saturated heterocycles. The Morgan fingerprint density at radius 2 is 1.64 bits per heavy atom. The second kappa shape index (κ2) is 5.14. The summed E-state index contributed by atoms with van der Waals surface area (Å²) in [5.74, 6) is 0. The standard InChI is InChI=1S/C10H24P/c1-6-9-10(7-2)11(4,5)8-3/h10H,6-9H2,1-5H3/q+1. The number of rotatable bonds is 5. The molecule has 0 radical (unpaired) electrons. The highest BCUT2D eigenvalue weighted by Crippen LogP contribution is 2.58. The summed E-state index contributed by atoms with van der Waals surface area (Å²) in [6, 6.07) is 0. The van der Waals surface area contributed by atoms with E-state index >= 15 is 0 Å². The van der Waals surface area contributed by atoms with Gasteiger partial charge in [0.25, 0.3) is 0 Å². The van der Waals surface area contributed by atoms with Crippen molar-refractivity contribution in [3.63, 3.8) is 0 Å². The third-order valence-corrected chi connectivity index (χ3v) is 7.13. The second-order valence-electron chi connectivity index (χ2n) is 3.95. The van der Waals surface area contributed by atoms with E-state index in [0.717, 1.165) is 5.66 Å². The molecule has 1 unspecified atom stereocenters. The van der Waals surface area contributed by atoms with Gasteiger partial charge in [0.05, 0.1) is 11.8 Å². The lowest BCUT2D eigenvalue weighted by Gasteiger charge is -2.25. The highest BCUT2D eigenvalue weighted by atomic mass is 31.2. The van der Waals surface area contributed by atoms with Crippen molar-refractivity contribution in [2.45, 2.75) is 45.7 Å². The van der Waals surface area contributed by atoms with E-state index in [1.807, 2.05) is 0 Å². The monoisotopic (exact) mass is 175 g/mol. The summed E-state index contributed by atoms with van der Waals surface area (Å²) in [5.41, 5.74) is 1.04. The van der Waals surface area contributed by atoms with Gasteiger partial charge in [-0.1, -0.05) is 20.3 Å². The largest absolute Gasteiger partial charge is 0.0689 e. The van der Waals surface area contributed by atoms with E-state index < -0.39 is 7.26 Å². The first-order chi connectivity index (χ1) is 5.08. The molecule has 1 atom stereocenters. The van der Waals surface area contributed by atoms with E-state index in [9.17, 15) is 0 Å². The average molecular weight is 175 g/mol. The predicted molar refractivity (Wildman–Crippen MR) is 58.3 cm³/mol. The van der Waals surface area contributed by atoms with Gasteiger partial charge >= 0.3 is 0 Å². The summed E-state index contributed by atoms with van der Waals surface area (Å²) < 4.78 is 0. The minimum Gasteiger partial charge on any atom is -0.0652 e. The van der Waals surface area contributed by atoms with E-state index in [2.05, 4.69) is 34.1 Å². The van der Waals surface area contributed by atoms with Gasteiger partial charge in [0.2, 0.25) is 0 Å². The smallest absolute Gasteiger partial charge is 0.0652 e. The van der Waals surface area contributed by atoms with Gasteiger partial charge in [0.1, 0.15) is 0 Å². The van der Waals surface area contributed by atoms with Gasteiger partial charge in [-0.05, 0) is 19.8 Å². The van der Waals surface area contributed by atoms with Gasteiger partial charge in [0, 0.05) is 20.6 Å². The Labute approximate surface area is 73.1 Å². The maximum absolute atomic E-state index is 2.51. The van der Waals surface area contributed by atoms with Crippen LogP contribution in [0.25, 0.3) is 0 Å². The highest BCUT2D eigenvalue weighted by molar-refractivity contribution is 7.75. The van der Waals surface area contributed by atoms with E-state index in [1.54, 1.807) is 0 Å². The SMILES string of the molecule is CCCC(CC)[P+](C)(C)CC. The maximum Gasteiger partial charge on any atom is 0.0689 e. The normalized spacial score (nSPS) is 15.0. The van der Waals surface area contributed by atoms with E-state index in [-0.39, 0.29) is 0 Å². The van der Waals surface area contributed by atoms with Gasteiger partial charge in [-0.2, -0.15) is 0 Å². The first-order valence-corrected chi connectivity index (χ1v) is 7.84. The van der Waals surface area contributed by atoms with Crippen LogP contribution in [-0.4, -0.2) is 25.2 Å². The van der Waals surface area contributed by atoms with Crippen molar-refractivity contribution in [3.05, 3.63) is 0 Å². The van der Waals surface area contributed by atoms with Crippen LogP contribution in [0.15, 0.2) is 0 Å². The van der Waals surface area contributed by atoms with Crippen molar-refractivity contribution in [1.82, 2.24) is 0 Å². The molecule has 0 aromatic heterocycles. The summed E-state index contributed by atoms with van der Waals surface area (Å²) in [7, 11) is -0.550. The topological polar surface area (TPSA) is 0 Å². The van der Waals surface area contributed by atoms with Crippen LogP contribution in [-0.2, 0) is 0 Å². The molecular formula is C10H24P+. The first-order valence-electron chi connectivity index (χ1n) is 4.91. The van der Waals surface area contributed by atoms with Crippen molar-refractivity contribution < 1.29 is 0 Å². The minimum atomic E-state index is -0.550. The Morgan fingerprint density at radius 1 is 1.09 bits per heavy atom. The van der Waals surface area contributed by atoms with Gasteiger partial charge in [-0.3, -0.25) is 0 Å². The summed E-state index contributed by atoms with van der Waals surface area (Å²) in [6.45, 7) is 12.0. The first kappa shape index (κ1) is 11.4. The molecule has 0 heterocycles. The zero-order chi connectivity index (χ0) is 8.91. The number of hydrogen-bond donors (Lipinski definition) is 0. The van der Waals surface area contributed by atoms with Crippen molar-refractivity contribution in [3.8, 4) is 0 Å². The quantitative estimate of drug-likeness (QED) is 0.556. The Balaban J connectivity index is 3.99. The molecule has 0 aliphatic rings. The minimum absolute atomic E-state index is 0.550. The Morgan fingerprint density at radius 3 is 1.91 bits per heavy atom. The van der Waals surface area contributed by atoms with Crippen LogP contribution >= 0.6 is 7.26 Å². The molecule has 0 aromatic carbocycles. The van der Waals surface area contributed by atoms with Gasteiger partial charge in [-0.15, -0.1) is 0 Å². The fourth-order valence-corrected chi connectivity index (χ4v) is 4.10. The maximum atomic E-state index is 2.51. The molecule has 0 N–H and O–H groups in total. The van der Waals surface area contributed by atoms with Crippen LogP contribution < -0.4 is 0 Å². The molecule has 0 amide bonds. The van der Waals surface area contributed by atoms with E-state index in [1.165, 1.54) is 25.4 Å². The van der Waals surface area contributed by atoms with Crippen molar-refractivity contribution in [1.29, 1.82) is 0 Å². The number of hydrogen-bond acceptors (Lipinski definition) is 0. The highest BCUT2D eigenvalue weighted by Gasteiger charge is 2.31. The lowest BCUT2D eigenvalue weighted by atomic mass is 10.2. The molecule has 11 heavy (non-hydrogen) atoms. The zero-order valence-corrected chi connectivity index (χ0v) is 9.75. The molecule has 0 saturated carbocycles. The van der Waals surface area contributed by atoms with Crippen molar-refractivity contribution >= 4 is 7.26 Å². The van der Waals surface area contributed by atoms with E-state index in [0.29, 0.717) is 0 Å². The van der Waals surface area contributed by atoms with Crippen LogP contribution in [0.2, 0.25) is 0 Å². The Bertz CT molecular complexity index is 97.0. The van der Waals surface area contributed by atoms with Crippen LogP contribution in [0.4, 0.5) is 0 Å². The van der Waals surface area contributed by atoms with E-state index in [4.69, 9.17) is 0 Å². The van der Waals surface area contributed by atoms with Gasteiger partial charge in [0.15, 0.2) is 0 Å².